The number of anilines is 1. The number of nitrogens with zero attached hydrogens (tertiary/aromatic N) is 1. The number of benzene rings is 1. The van der Waals surface area contributed by atoms with Crippen LogP contribution in [0.1, 0.15) is 24.6 Å². The summed E-state index contributed by atoms with van der Waals surface area (Å²) in [5, 5.41) is 2.76. The Morgan fingerprint density at radius 2 is 2.05 bits per heavy atom. The lowest BCUT2D eigenvalue weighted by Gasteiger charge is -2.08. The number of nitrogen functional groups attached to an aromatic ring is 1. The van der Waals surface area contributed by atoms with Crippen LogP contribution in [0.5, 0.6) is 0 Å². The van der Waals surface area contributed by atoms with Gasteiger partial charge in [0.25, 0.3) is 5.56 Å². The van der Waals surface area contributed by atoms with Gasteiger partial charge in [-0.15, -0.1) is 0 Å². The number of aromatic nitrogens is 2. The van der Waals surface area contributed by atoms with Gasteiger partial charge in [-0.05, 0) is 24.6 Å². The van der Waals surface area contributed by atoms with E-state index in [4.69, 9.17) is 5.73 Å². The third-order valence-corrected chi connectivity index (χ3v) is 2.94. The van der Waals surface area contributed by atoms with E-state index in [0.29, 0.717) is 12.1 Å². The first-order chi connectivity index (χ1) is 9.34. The van der Waals surface area contributed by atoms with Crippen LogP contribution in [0.3, 0.4) is 0 Å². The summed E-state index contributed by atoms with van der Waals surface area (Å²) in [6.07, 6.45) is -3.12. The number of halogens is 3. The first-order valence-electron chi connectivity index (χ1n) is 6.11. The summed E-state index contributed by atoms with van der Waals surface area (Å²) in [4.78, 5) is 12.0. The maximum absolute atomic E-state index is 12.7. The van der Waals surface area contributed by atoms with Crippen molar-refractivity contribution in [2.45, 2.75) is 25.9 Å². The van der Waals surface area contributed by atoms with Crippen molar-refractivity contribution in [1.29, 1.82) is 0 Å². The number of rotatable bonds is 3. The zero-order valence-corrected chi connectivity index (χ0v) is 10.8. The minimum absolute atomic E-state index is 0.0456. The predicted octanol–water partition coefficient (Wildman–Crippen LogP) is 2.72. The molecule has 20 heavy (non-hydrogen) atoms. The van der Waals surface area contributed by atoms with Gasteiger partial charge in [0.2, 0.25) is 0 Å². The average Bonchev–Trinajstić information content (AvgIpc) is 2.67. The molecule has 2 rings (SSSR count). The molecule has 1 heterocycles. The fourth-order valence-corrected chi connectivity index (χ4v) is 1.94. The van der Waals surface area contributed by atoms with Crippen molar-refractivity contribution in [2.75, 3.05) is 5.73 Å². The highest BCUT2D eigenvalue weighted by atomic mass is 19.4. The minimum Gasteiger partial charge on any atom is -0.393 e. The van der Waals surface area contributed by atoms with Crippen LogP contribution in [0, 0.1) is 0 Å². The number of nitrogens with two attached hydrogens (primary N) is 1. The van der Waals surface area contributed by atoms with Crippen molar-refractivity contribution in [1.82, 2.24) is 9.78 Å². The Hall–Kier alpha value is -2.18. The van der Waals surface area contributed by atoms with Gasteiger partial charge in [0.1, 0.15) is 5.69 Å². The molecule has 0 aliphatic heterocycles. The van der Waals surface area contributed by atoms with Gasteiger partial charge in [0.15, 0.2) is 0 Å². The fourth-order valence-electron chi connectivity index (χ4n) is 1.94. The van der Waals surface area contributed by atoms with Crippen LogP contribution < -0.4 is 11.3 Å². The van der Waals surface area contributed by atoms with Crippen molar-refractivity contribution in [3.05, 3.63) is 45.9 Å². The normalized spacial score (nSPS) is 11.8. The van der Waals surface area contributed by atoms with Crippen LogP contribution in [0.2, 0.25) is 0 Å². The van der Waals surface area contributed by atoms with E-state index in [1.807, 2.05) is 6.92 Å². The Kier molecular flexibility index (Phi) is 3.61. The first-order valence-corrected chi connectivity index (χ1v) is 6.11. The molecule has 0 bridgehead atoms. The molecule has 0 spiro atoms. The molecule has 2 aromatic rings. The smallest absolute Gasteiger partial charge is 0.393 e. The van der Waals surface area contributed by atoms with E-state index in [-0.39, 0.29) is 11.4 Å². The lowest BCUT2D eigenvalue weighted by atomic mass is 10.2. The maximum Gasteiger partial charge on any atom is 0.416 e. The summed E-state index contributed by atoms with van der Waals surface area (Å²) < 4.78 is 39.0. The Balaban J connectivity index is 2.52. The van der Waals surface area contributed by atoms with E-state index < -0.39 is 17.3 Å². The molecular formula is C13H14F3N3O. The monoisotopic (exact) mass is 285 g/mol. The summed E-state index contributed by atoms with van der Waals surface area (Å²) in [5.74, 6) is 0. The molecule has 0 atom stereocenters. The Morgan fingerprint density at radius 3 is 2.65 bits per heavy atom. The third-order valence-electron chi connectivity index (χ3n) is 2.94. The van der Waals surface area contributed by atoms with Gasteiger partial charge >= 0.3 is 6.18 Å². The van der Waals surface area contributed by atoms with Crippen molar-refractivity contribution in [2.24, 2.45) is 0 Å². The van der Waals surface area contributed by atoms with Gasteiger partial charge in [-0.3, -0.25) is 9.89 Å². The van der Waals surface area contributed by atoms with Gasteiger partial charge in [0.05, 0.1) is 16.9 Å². The summed E-state index contributed by atoms with van der Waals surface area (Å²) >= 11 is 0. The van der Waals surface area contributed by atoms with Gasteiger partial charge in [-0.1, -0.05) is 19.4 Å². The van der Waals surface area contributed by atoms with Crippen LogP contribution in [-0.4, -0.2) is 9.78 Å². The zero-order valence-electron chi connectivity index (χ0n) is 10.8. The van der Waals surface area contributed by atoms with Crippen LogP contribution in [-0.2, 0) is 12.6 Å². The molecule has 0 saturated heterocycles. The lowest BCUT2D eigenvalue weighted by Crippen LogP contribution is -2.17. The topological polar surface area (TPSA) is 63.8 Å². The number of H-pyrrole nitrogens is 1. The van der Waals surface area contributed by atoms with Crippen LogP contribution in [0.25, 0.3) is 5.69 Å². The average molecular weight is 285 g/mol. The lowest BCUT2D eigenvalue weighted by molar-refractivity contribution is -0.137. The van der Waals surface area contributed by atoms with E-state index in [2.05, 4.69) is 5.10 Å². The van der Waals surface area contributed by atoms with Gasteiger partial charge in [-0.2, -0.15) is 13.2 Å². The minimum atomic E-state index is -4.45. The second kappa shape index (κ2) is 5.07. The molecule has 0 aliphatic rings. The van der Waals surface area contributed by atoms with Gasteiger partial charge in [0, 0.05) is 0 Å². The molecular weight excluding hydrogens is 271 g/mol. The molecule has 7 heteroatoms. The summed E-state index contributed by atoms with van der Waals surface area (Å²) in [6.45, 7) is 1.92. The molecule has 0 fully saturated rings. The predicted molar refractivity (Wildman–Crippen MR) is 69.8 cm³/mol. The molecule has 108 valence electrons. The Labute approximate surface area is 113 Å². The van der Waals surface area contributed by atoms with Crippen LogP contribution in [0.15, 0.2) is 29.1 Å². The second-order valence-electron chi connectivity index (χ2n) is 4.44. The number of hydrogen-bond donors (Lipinski definition) is 2. The second-order valence-corrected chi connectivity index (χ2v) is 4.44. The fraction of sp³-hybridized carbons (Fsp3) is 0.308. The molecule has 0 aliphatic carbocycles. The van der Waals surface area contributed by atoms with Crippen molar-refractivity contribution < 1.29 is 13.2 Å². The number of nitrogens with one attached hydrogen (secondary N) is 1. The van der Waals surface area contributed by atoms with Crippen LogP contribution in [0.4, 0.5) is 18.9 Å². The number of hydrogen-bond acceptors (Lipinski definition) is 2. The summed E-state index contributed by atoms with van der Waals surface area (Å²) in [5.41, 5.74) is 5.01. The highest BCUT2D eigenvalue weighted by Crippen LogP contribution is 2.30. The van der Waals surface area contributed by atoms with E-state index >= 15 is 0 Å². The van der Waals surface area contributed by atoms with Crippen molar-refractivity contribution in [3.63, 3.8) is 0 Å². The van der Waals surface area contributed by atoms with E-state index in [1.54, 1.807) is 0 Å². The Morgan fingerprint density at radius 1 is 1.35 bits per heavy atom. The van der Waals surface area contributed by atoms with Crippen molar-refractivity contribution in [3.8, 4) is 5.69 Å². The molecule has 0 amide bonds. The molecule has 4 nitrogen and oxygen atoms in total. The molecule has 0 saturated carbocycles. The van der Waals surface area contributed by atoms with Gasteiger partial charge in [-0.25, -0.2) is 4.68 Å². The molecule has 0 unspecified atom stereocenters. The number of alkyl halides is 3. The zero-order chi connectivity index (χ0) is 14.9. The molecule has 1 aromatic carbocycles. The SMILES string of the molecule is CCCc1[nH]n(-c2cccc(C(F)(F)F)c2)c(=O)c1N. The molecule has 0 radical (unpaired) electrons. The quantitative estimate of drug-likeness (QED) is 0.910. The van der Waals surface area contributed by atoms with Crippen LogP contribution >= 0.6 is 0 Å². The molecule has 1 aromatic heterocycles. The van der Waals surface area contributed by atoms with E-state index in [9.17, 15) is 18.0 Å². The Bertz CT molecular complexity index is 670. The standard InChI is InChI=1S/C13H14F3N3O/c1-2-4-10-11(17)12(20)19(18-10)9-6-3-5-8(7-9)13(14,15)16/h3,5-7,18H,2,4,17H2,1H3. The largest absolute Gasteiger partial charge is 0.416 e. The summed E-state index contributed by atoms with van der Waals surface area (Å²) in [6, 6.07) is 4.53. The number of aromatic amines is 1. The third kappa shape index (κ3) is 2.56. The molecule has 3 N–H and O–H groups in total. The highest BCUT2D eigenvalue weighted by Gasteiger charge is 2.30. The summed E-state index contributed by atoms with van der Waals surface area (Å²) in [7, 11) is 0. The van der Waals surface area contributed by atoms with E-state index in [1.165, 1.54) is 12.1 Å². The van der Waals surface area contributed by atoms with Gasteiger partial charge < -0.3 is 5.73 Å². The highest BCUT2D eigenvalue weighted by molar-refractivity contribution is 5.45. The van der Waals surface area contributed by atoms with E-state index in [0.717, 1.165) is 23.2 Å². The number of aryl methyl sites for hydroxylation is 1. The maximum atomic E-state index is 12.7. The first kappa shape index (κ1) is 14.2. The van der Waals surface area contributed by atoms with Crippen molar-refractivity contribution >= 4 is 5.69 Å².